The summed E-state index contributed by atoms with van der Waals surface area (Å²) in [6.45, 7) is 2.09. The van der Waals surface area contributed by atoms with Crippen LogP contribution in [0, 0.1) is 0 Å². The van der Waals surface area contributed by atoms with E-state index in [-0.39, 0.29) is 0 Å². The lowest BCUT2D eigenvalue weighted by molar-refractivity contribution is 0.827. The predicted octanol–water partition coefficient (Wildman–Crippen LogP) is 2.93. The van der Waals surface area contributed by atoms with Gasteiger partial charge in [-0.05, 0) is 11.8 Å². The third-order valence-electron chi connectivity index (χ3n) is 2.59. The van der Waals surface area contributed by atoms with Crippen molar-refractivity contribution in [1.29, 1.82) is 0 Å². The van der Waals surface area contributed by atoms with Crippen molar-refractivity contribution in [3.63, 3.8) is 0 Å². The van der Waals surface area contributed by atoms with E-state index < -0.39 is 0 Å². The second kappa shape index (κ2) is 4.78. The zero-order chi connectivity index (χ0) is 12.4. The van der Waals surface area contributed by atoms with Gasteiger partial charge < -0.3 is 0 Å². The van der Waals surface area contributed by atoms with E-state index in [1.807, 2.05) is 41.2 Å². The normalized spacial score (nSPS) is 10.9. The van der Waals surface area contributed by atoms with Crippen LogP contribution in [0.1, 0.15) is 6.92 Å². The van der Waals surface area contributed by atoms with Gasteiger partial charge in [-0.1, -0.05) is 36.9 Å². The molecule has 0 radical (unpaired) electrons. The maximum absolute atomic E-state index is 4.51. The van der Waals surface area contributed by atoms with E-state index in [9.17, 15) is 0 Å². The van der Waals surface area contributed by atoms with Crippen molar-refractivity contribution in [2.75, 3.05) is 5.75 Å². The molecule has 5 heteroatoms. The summed E-state index contributed by atoms with van der Waals surface area (Å²) in [5.41, 5.74) is 1.06. The zero-order valence-electron chi connectivity index (χ0n) is 9.95. The van der Waals surface area contributed by atoms with Crippen LogP contribution in [0.15, 0.2) is 47.9 Å². The molecule has 2 heterocycles. The molecule has 0 aliphatic rings. The van der Waals surface area contributed by atoms with Crippen LogP contribution in [-0.4, -0.2) is 25.5 Å². The molecular formula is C13H12N4S. The summed E-state index contributed by atoms with van der Waals surface area (Å²) in [4.78, 5) is 8.74. The summed E-state index contributed by atoms with van der Waals surface area (Å²) in [7, 11) is 0. The smallest absolute Gasteiger partial charge is 0.189 e. The third-order valence-corrected chi connectivity index (χ3v) is 3.33. The fourth-order valence-corrected chi connectivity index (χ4v) is 2.35. The van der Waals surface area contributed by atoms with Gasteiger partial charge in [-0.15, -0.1) is 0 Å². The Labute approximate surface area is 109 Å². The molecular weight excluding hydrogens is 244 g/mol. The SMILES string of the molecule is CCSc1nccc(-n2ncc3ccccc32)n1. The lowest BCUT2D eigenvalue weighted by Gasteiger charge is -2.03. The lowest BCUT2D eigenvalue weighted by Crippen LogP contribution is -2.01. The molecule has 0 fully saturated rings. The second-order valence-corrected chi connectivity index (χ2v) is 4.98. The predicted molar refractivity (Wildman–Crippen MR) is 73.1 cm³/mol. The zero-order valence-corrected chi connectivity index (χ0v) is 10.8. The van der Waals surface area contributed by atoms with Crippen molar-refractivity contribution in [3.05, 3.63) is 42.7 Å². The van der Waals surface area contributed by atoms with Gasteiger partial charge in [0.05, 0.1) is 11.7 Å². The number of rotatable bonds is 3. The van der Waals surface area contributed by atoms with Gasteiger partial charge in [-0.3, -0.25) is 0 Å². The highest BCUT2D eigenvalue weighted by molar-refractivity contribution is 7.99. The van der Waals surface area contributed by atoms with E-state index in [1.165, 1.54) is 0 Å². The fourth-order valence-electron chi connectivity index (χ4n) is 1.80. The van der Waals surface area contributed by atoms with Crippen LogP contribution < -0.4 is 0 Å². The Balaban J connectivity index is 2.11. The molecule has 18 heavy (non-hydrogen) atoms. The topological polar surface area (TPSA) is 43.6 Å². The number of aromatic nitrogens is 4. The van der Waals surface area contributed by atoms with Crippen LogP contribution in [0.5, 0.6) is 0 Å². The number of hydrogen-bond acceptors (Lipinski definition) is 4. The van der Waals surface area contributed by atoms with Gasteiger partial charge in [0.1, 0.15) is 0 Å². The molecule has 0 atom stereocenters. The van der Waals surface area contributed by atoms with Crippen molar-refractivity contribution < 1.29 is 0 Å². The number of para-hydroxylation sites is 1. The first-order valence-electron chi connectivity index (χ1n) is 5.77. The van der Waals surface area contributed by atoms with Crippen molar-refractivity contribution in [1.82, 2.24) is 19.7 Å². The summed E-state index contributed by atoms with van der Waals surface area (Å²) in [5, 5.41) is 6.28. The standard InChI is InChI=1S/C13H12N4S/c1-2-18-13-14-8-7-12(16-13)17-11-6-4-3-5-10(11)9-15-17/h3-9H,2H2,1H3. The minimum absolute atomic E-state index is 0.787. The van der Waals surface area contributed by atoms with Gasteiger partial charge in [0, 0.05) is 17.6 Å². The number of fused-ring (bicyclic) bond motifs is 1. The van der Waals surface area contributed by atoms with Crippen LogP contribution in [0.3, 0.4) is 0 Å². The average Bonchev–Trinajstić information content (AvgIpc) is 2.83. The second-order valence-electron chi connectivity index (χ2n) is 3.75. The maximum Gasteiger partial charge on any atom is 0.189 e. The molecule has 0 saturated carbocycles. The molecule has 0 N–H and O–H groups in total. The minimum Gasteiger partial charge on any atom is -0.231 e. The van der Waals surface area contributed by atoms with Gasteiger partial charge in [-0.2, -0.15) is 5.10 Å². The molecule has 3 rings (SSSR count). The Bertz CT molecular complexity index is 677. The lowest BCUT2D eigenvalue weighted by atomic mass is 10.2. The van der Waals surface area contributed by atoms with Gasteiger partial charge >= 0.3 is 0 Å². The Morgan fingerprint density at radius 2 is 2.11 bits per heavy atom. The van der Waals surface area contributed by atoms with E-state index in [4.69, 9.17) is 0 Å². The first-order valence-corrected chi connectivity index (χ1v) is 6.76. The Kier molecular flexibility index (Phi) is 2.98. The molecule has 0 bridgehead atoms. The van der Waals surface area contributed by atoms with Gasteiger partial charge in [0.25, 0.3) is 0 Å². The van der Waals surface area contributed by atoms with E-state index in [2.05, 4.69) is 22.0 Å². The molecule has 0 aliphatic heterocycles. The van der Waals surface area contributed by atoms with Crippen LogP contribution in [0.25, 0.3) is 16.7 Å². The Hall–Kier alpha value is -1.88. The number of benzene rings is 1. The molecule has 90 valence electrons. The third kappa shape index (κ3) is 1.97. The quantitative estimate of drug-likeness (QED) is 0.534. The highest BCUT2D eigenvalue weighted by Crippen LogP contribution is 2.18. The first kappa shape index (κ1) is 11.2. The van der Waals surface area contributed by atoms with Crippen LogP contribution in [0.4, 0.5) is 0 Å². The number of hydrogen-bond donors (Lipinski definition) is 0. The monoisotopic (exact) mass is 256 g/mol. The van der Waals surface area contributed by atoms with E-state index >= 15 is 0 Å². The summed E-state index contributed by atoms with van der Waals surface area (Å²) < 4.78 is 1.84. The van der Waals surface area contributed by atoms with Crippen molar-refractivity contribution in [2.45, 2.75) is 12.1 Å². The molecule has 0 saturated heterocycles. The fraction of sp³-hybridized carbons (Fsp3) is 0.154. The number of nitrogens with zero attached hydrogens (tertiary/aromatic N) is 4. The summed E-state index contributed by atoms with van der Waals surface area (Å²) in [6.07, 6.45) is 3.63. The molecule has 2 aromatic heterocycles. The summed E-state index contributed by atoms with van der Waals surface area (Å²) in [5.74, 6) is 1.77. The summed E-state index contributed by atoms with van der Waals surface area (Å²) in [6, 6.07) is 9.97. The van der Waals surface area contributed by atoms with E-state index in [0.29, 0.717) is 0 Å². The molecule has 3 aromatic rings. The number of thioether (sulfide) groups is 1. The Morgan fingerprint density at radius 1 is 1.22 bits per heavy atom. The van der Waals surface area contributed by atoms with Crippen LogP contribution in [0.2, 0.25) is 0 Å². The highest BCUT2D eigenvalue weighted by atomic mass is 32.2. The van der Waals surface area contributed by atoms with Crippen molar-refractivity contribution in [2.24, 2.45) is 0 Å². The maximum atomic E-state index is 4.51. The largest absolute Gasteiger partial charge is 0.231 e. The van der Waals surface area contributed by atoms with Crippen LogP contribution in [-0.2, 0) is 0 Å². The average molecular weight is 256 g/mol. The molecule has 4 nitrogen and oxygen atoms in total. The Morgan fingerprint density at radius 3 is 3.00 bits per heavy atom. The van der Waals surface area contributed by atoms with Crippen molar-refractivity contribution >= 4 is 22.7 Å². The molecule has 0 spiro atoms. The molecule has 0 unspecified atom stereocenters. The molecule has 1 aromatic carbocycles. The first-order chi connectivity index (χ1) is 8.88. The minimum atomic E-state index is 0.787. The van der Waals surface area contributed by atoms with Crippen LogP contribution >= 0.6 is 11.8 Å². The van der Waals surface area contributed by atoms with E-state index in [0.717, 1.165) is 27.6 Å². The molecule has 0 aliphatic carbocycles. The van der Waals surface area contributed by atoms with Crippen molar-refractivity contribution in [3.8, 4) is 5.82 Å². The van der Waals surface area contributed by atoms with E-state index in [1.54, 1.807) is 18.0 Å². The van der Waals surface area contributed by atoms with Gasteiger partial charge in [0.15, 0.2) is 11.0 Å². The van der Waals surface area contributed by atoms with Gasteiger partial charge in [0.2, 0.25) is 0 Å². The highest BCUT2D eigenvalue weighted by Gasteiger charge is 2.06. The summed E-state index contributed by atoms with van der Waals surface area (Å²) >= 11 is 1.63. The van der Waals surface area contributed by atoms with Gasteiger partial charge in [-0.25, -0.2) is 14.6 Å². The molecule has 0 amide bonds.